The van der Waals surface area contributed by atoms with Crippen LogP contribution in [0.4, 0.5) is 0 Å². The Morgan fingerprint density at radius 3 is 2.33 bits per heavy atom. The predicted octanol–water partition coefficient (Wildman–Crippen LogP) is 3.64. The first-order valence-corrected chi connectivity index (χ1v) is 7.09. The van der Waals surface area contributed by atoms with Crippen molar-refractivity contribution in [3.05, 3.63) is 35.4 Å². The minimum absolute atomic E-state index is 0.287. The quantitative estimate of drug-likeness (QED) is 0.828. The smallest absolute Gasteiger partial charge is 0.0664 e. The molecule has 1 aliphatic carbocycles. The monoisotopic (exact) mass is 247 g/mol. The van der Waals surface area contributed by atoms with Crippen LogP contribution in [0.15, 0.2) is 24.3 Å². The van der Waals surface area contributed by atoms with E-state index in [9.17, 15) is 0 Å². The normalized spacial score (nSPS) is 17.8. The molecule has 18 heavy (non-hydrogen) atoms. The molecule has 1 unspecified atom stereocenters. The summed E-state index contributed by atoms with van der Waals surface area (Å²) < 4.78 is 5.70. The van der Waals surface area contributed by atoms with Crippen molar-refractivity contribution in [1.29, 1.82) is 0 Å². The molecule has 1 N–H and O–H groups in total. The molecule has 1 fully saturated rings. The van der Waals surface area contributed by atoms with E-state index in [1.54, 1.807) is 0 Å². The van der Waals surface area contributed by atoms with E-state index in [-0.39, 0.29) is 6.10 Å². The van der Waals surface area contributed by atoms with Crippen molar-refractivity contribution in [2.24, 2.45) is 0 Å². The van der Waals surface area contributed by atoms with Crippen molar-refractivity contribution in [1.82, 2.24) is 5.32 Å². The average molecular weight is 247 g/mol. The Morgan fingerprint density at radius 1 is 1.22 bits per heavy atom. The van der Waals surface area contributed by atoms with Crippen LogP contribution in [0.3, 0.4) is 0 Å². The van der Waals surface area contributed by atoms with E-state index in [0.717, 1.165) is 12.5 Å². The van der Waals surface area contributed by atoms with Gasteiger partial charge in [0.15, 0.2) is 0 Å². The first-order chi connectivity index (χ1) is 8.70. The molecule has 0 bridgehead atoms. The summed E-state index contributed by atoms with van der Waals surface area (Å²) in [4.78, 5) is 0. The zero-order valence-electron chi connectivity index (χ0n) is 11.8. The van der Waals surface area contributed by atoms with Gasteiger partial charge >= 0.3 is 0 Å². The molecule has 1 atom stereocenters. The van der Waals surface area contributed by atoms with Gasteiger partial charge in [0.05, 0.1) is 18.8 Å². The largest absolute Gasteiger partial charge is 0.377 e. The second kappa shape index (κ2) is 6.35. The molecule has 0 spiro atoms. The second-order valence-electron chi connectivity index (χ2n) is 5.52. The van der Waals surface area contributed by atoms with Gasteiger partial charge in [-0.1, -0.05) is 30.7 Å². The number of hydrogen-bond acceptors (Lipinski definition) is 2. The van der Waals surface area contributed by atoms with E-state index in [4.69, 9.17) is 4.74 Å². The summed E-state index contributed by atoms with van der Waals surface area (Å²) in [7, 11) is 1.99. The topological polar surface area (TPSA) is 21.3 Å². The van der Waals surface area contributed by atoms with E-state index in [2.05, 4.69) is 43.4 Å². The van der Waals surface area contributed by atoms with Gasteiger partial charge in [0.2, 0.25) is 0 Å². The fraction of sp³-hybridized carbons (Fsp3) is 0.625. The number of hydrogen-bond donors (Lipinski definition) is 1. The number of likely N-dealkylation sites (N-methyl/N-ethyl adjacent to an activating group) is 1. The standard InChI is InChI=1S/C16H25NO/c1-12(2)18-11-16(17-3)15-9-7-14(8-10-15)13-5-4-6-13/h7-10,12-13,16-17H,4-6,11H2,1-3H3. The maximum atomic E-state index is 5.70. The van der Waals surface area contributed by atoms with Crippen molar-refractivity contribution in [3.63, 3.8) is 0 Å². The molecule has 0 saturated heterocycles. The molecule has 100 valence electrons. The molecule has 0 amide bonds. The molecule has 0 heterocycles. The Morgan fingerprint density at radius 2 is 1.89 bits per heavy atom. The zero-order valence-corrected chi connectivity index (χ0v) is 11.8. The van der Waals surface area contributed by atoms with E-state index in [1.807, 2.05) is 7.05 Å². The fourth-order valence-corrected chi connectivity index (χ4v) is 2.38. The Bertz CT molecular complexity index is 354. The molecular weight excluding hydrogens is 222 g/mol. The van der Waals surface area contributed by atoms with Crippen LogP contribution in [0.25, 0.3) is 0 Å². The predicted molar refractivity (Wildman–Crippen MR) is 75.9 cm³/mol. The van der Waals surface area contributed by atoms with E-state index < -0.39 is 0 Å². The summed E-state index contributed by atoms with van der Waals surface area (Å²) in [5.41, 5.74) is 2.82. The molecule has 2 heteroatoms. The van der Waals surface area contributed by atoms with Crippen LogP contribution in [0, 0.1) is 0 Å². The molecule has 0 aromatic heterocycles. The number of benzene rings is 1. The minimum atomic E-state index is 0.287. The van der Waals surface area contributed by atoms with E-state index in [1.165, 1.54) is 30.4 Å². The molecule has 2 nitrogen and oxygen atoms in total. The molecule has 2 rings (SSSR count). The van der Waals surface area contributed by atoms with Crippen LogP contribution < -0.4 is 5.32 Å². The van der Waals surface area contributed by atoms with Crippen LogP contribution >= 0.6 is 0 Å². The Labute approximate surface area is 111 Å². The van der Waals surface area contributed by atoms with Crippen LogP contribution in [0.1, 0.15) is 56.2 Å². The van der Waals surface area contributed by atoms with Crippen LogP contribution in [0.5, 0.6) is 0 Å². The van der Waals surface area contributed by atoms with Gasteiger partial charge in [-0.15, -0.1) is 0 Å². The first-order valence-electron chi connectivity index (χ1n) is 7.09. The molecule has 0 radical (unpaired) electrons. The first kappa shape index (κ1) is 13.6. The molecular formula is C16H25NO. The van der Waals surface area contributed by atoms with Gasteiger partial charge in [-0.25, -0.2) is 0 Å². The zero-order chi connectivity index (χ0) is 13.0. The highest BCUT2D eigenvalue weighted by Crippen LogP contribution is 2.36. The molecule has 1 aromatic rings. The fourth-order valence-electron chi connectivity index (χ4n) is 2.38. The van der Waals surface area contributed by atoms with Crippen molar-refractivity contribution in [3.8, 4) is 0 Å². The van der Waals surface area contributed by atoms with Gasteiger partial charge in [-0.2, -0.15) is 0 Å². The highest BCUT2D eigenvalue weighted by Gasteiger charge is 2.19. The number of rotatable bonds is 6. The summed E-state index contributed by atoms with van der Waals surface area (Å²) in [6.45, 7) is 4.88. The Kier molecular flexibility index (Phi) is 4.79. The summed E-state index contributed by atoms with van der Waals surface area (Å²) in [6, 6.07) is 9.37. The highest BCUT2D eigenvalue weighted by molar-refractivity contribution is 5.28. The Hall–Kier alpha value is -0.860. The third-order valence-corrected chi connectivity index (χ3v) is 3.86. The van der Waals surface area contributed by atoms with Gasteiger partial charge in [0.1, 0.15) is 0 Å². The summed E-state index contributed by atoms with van der Waals surface area (Å²) in [6.07, 6.45) is 4.42. The lowest BCUT2D eigenvalue weighted by Gasteiger charge is -2.26. The minimum Gasteiger partial charge on any atom is -0.377 e. The maximum Gasteiger partial charge on any atom is 0.0664 e. The van der Waals surface area contributed by atoms with Crippen LogP contribution in [0.2, 0.25) is 0 Å². The number of ether oxygens (including phenoxy) is 1. The molecule has 1 aliphatic rings. The second-order valence-corrected chi connectivity index (χ2v) is 5.52. The van der Waals surface area contributed by atoms with Gasteiger partial charge in [-0.05, 0) is 50.8 Å². The van der Waals surface area contributed by atoms with Gasteiger partial charge in [-0.3, -0.25) is 0 Å². The highest BCUT2D eigenvalue weighted by atomic mass is 16.5. The van der Waals surface area contributed by atoms with E-state index in [0.29, 0.717) is 6.04 Å². The van der Waals surface area contributed by atoms with Crippen molar-refractivity contribution in [2.75, 3.05) is 13.7 Å². The summed E-state index contributed by atoms with van der Waals surface area (Å²) in [5, 5.41) is 3.33. The van der Waals surface area contributed by atoms with Gasteiger partial charge in [0.25, 0.3) is 0 Å². The molecule has 0 aliphatic heterocycles. The Balaban J connectivity index is 1.97. The number of nitrogens with one attached hydrogen (secondary N) is 1. The molecule has 1 aromatic carbocycles. The van der Waals surface area contributed by atoms with E-state index >= 15 is 0 Å². The third kappa shape index (κ3) is 3.33. The lowest BCUT2D eigenvalue weighted by atomic mass is 9.80. The van der Waals surface area contributed by atoms with Gasteiger partial charge in [0, 0.05) is 0 Å². The SMILES string of the molecule is CNC(COC(C)C)c1ccc(C2CCC2)cc1. The lowest BCUT2D eigenvalue weighted by Crippen LogP contribution is -2.23. The maximum absolute atomic E-state index is 5.70. The van der Waals surface area contributed by atoms with Crippen molar-refractivity contribution in [2.45, 2.75) is 51.2 Å². The van der Waals surface area contributed by atoms with Crippen molar-refractivity contribution < 1.29 is 4.74 Å². The average Bonchev–Trinajstić information content (AvgIpc) is 2.29. The summed E-state index contributed by atoms with van der Waals surface area (Å²) >= 11 is 0. The van der Waals surface area contributed by atoms with Crippen molar-refractivity contribution >= 4 is 0 Å². The lowest BCUT2D eigenvalue weighted by molar-refractivity contribution is 0.0626. The molecule has 1 saturated carbocycles. The van der Waals surface area contributed by atoms with Gasteiger partial charge < -0.3 is 10.1 Å². The van der Waals surface area contributed by atoms with Crippen LogP contribution in [-0.2, 0) is 4.74 Å². The summed E-state index contributed by atoms with van der Waals surface area (Å²) in [5.74, 6) is 0.819. The third-order valence-electron chi connectivity index (χ3n) is 3.86. The van der Waals surface area contributed by atoms with Crippen LogP contribution in [-0.4, -0.2) is 19.8 Å².